The van der Waals surface area contributed by atoms with Crippen LogP contribution in [0.3, 0.4) is 0 Å². The van der Waals surface area contributed by atoms with Gasteiger partial charge in [0.1, 0.15) is 0 Å². The van der Waals surface area contributed by atoms with E-state index in [4.69, 9.17) is 0 Å². The van der Waals surface area contributed by atoms with Gasteiger partial charge in [-0.25, -0.2) is 0 Å². The molecule has 0 atom stereocenters. The van der Waals surface area contributed by atoms with Crippen molar-refractivity contribution in [1.29, 1.82) is 0 Å². The molecule has 0 aliphatic carbocycles. The molecule has 0 nitrogen and oxygen atoms in total. The van der Waals surface area contributed by atoms with Gasteiger partial charge in [0.25, 0.3) is 0 Å². The van der Waals surface area contributed by atoms with Crippen LogP contribution in [0.4, 0.5) is 0 Å². The van der Waals surface area contributed by atoms with Crippen molar-refractivity contribution in [1.82, 2.24) is 0 Å². The van der Waals surface area contributed by atoms with Gasteiger partial charge < -0.3 is 0 Å². The fourth-order valence-corrected chi connectivity index (χ4v) is 1.87. The van der Waals surface area contributed by atoms with Gasteiger partial charge in [-0.2, -0.15) is 0 Å². The molecule has 0 aliphatic heterocycles. The highest BCUT2D eigenvalue weighted by molar-refractivity contribution is 5.39. The standard InChI is InChI=1S/C15H20.C2H6/c1-5-10-13(6-2)15(3,4)14-11-8-7-9-12-14;1-2/h5-12H,1-4H3;1-2H3/b10-5-,13-6+;. The summed E-state index contributed by atoms with van der Waals surface area (Å²) in [4.78, 5) is 0. The van der Waals surface area contributed by atoms with Gasteiger partial charge in [0.15, 0.2) is 0 Å². The molecule has 0 saturated heterocycles. The minimum Gasteiger partial charge on any atom is -0.0874 e. The molecule has 0 saturated carbocycles. The van der Waals surface area contributed by atoms with E-state index >= 15 is 0 Å². The van der Waals surface area contributed by atoms with Crippen molar-refractivity contribution >= 4 is 0 Å². The van der Waals surface area contributed by atoms with Gasteiger partial charge in [0.2, 0.25) is 0 Å². The Morgan fingerprint density at radius 2 is 1.53 bits per heavy atom. The molecule has 0 heterocycles. The van der Waals surface area contributed by atoms with Gasteiger partial charge in [-0.05, 0) is 25.0 Å². The lowest BCUT2D eigenvalue weighted by atomic mass is 9.77. The fraction of sp³-hybridized carbons (Fsp3) is 0.412. The molecule has 0 radical (unpaired) electrons. The van der Waals surface area contributed by atoms with Crippen LogP contribution >= 0.6 is 0 Å². The van der Waals surface area contributed by atoms with Crippen molar-refractivity contribution in [3.63, 3.8) is 0 Å². The maximum Gasteiger partial charge on any atom is 0.0143 e. The third kappa shape index (κ3) is 4.22. The fourth-order valence-electron chi connectivity index (χ4n) is 1.87. The van der Waals surface area contributed by atoms with Crippen molar-refractivity contribution in [2.24, 2.45) is 0 Å². The van der Waals surface area contributed by atoms with E-state index in [2.05, 4.69) is 76.3 Å². The van der Waals surface area contributed by atoms with Crippen molar-refractivity contribution in [2.45, 2.75) is 47.0 Å². The highest BCUT2D eigenvalue weighted by atomic mass is 14.3. The molecule has 1 aromatic rings. The summed E-state index contributed by atoms with van der Waals surface area (Å²) in [6, 6.07) is 10.6. The average molecular weight is 230 g/mol. The van der Waals surface area contributed by atoms with E-state index in [1.54, 1.807) is 0 Å². The molecule has 0 N–H and O–H groups in total. The highest BCUT2D eigenvalue weighted by Crippen LogP contribution is 2.31. The molecule has 0 bridgehead atoms. The lowest BCUT2D eigenvalue weighted by Crippen LogP contribution is -2.19. The second-order valence-corrected chi connectivity index (χ2v) is 4.24. The lowest BCUT2D eigenvalue weighted by molar-refractivity contribution is 0.638. The molecule has 0 unspecified atom stereocenters. The van der Waals surface area contributed by atoms with Crippen molar-refractivity contribution in [3.05, 3.63) is 59.7 Å². The minimum atomic E-state index is 0.0858. The molecule has 0 spiro atoms. The molecule has 0 heteroatoms. The number of benzene rings is 1. The third-order valence-corrected chi connectivity index (χ3v) is 2.87. The summed E-state index contributed by atoms with van der Waals surface area (Å²) >= 11 is 0. The summed E-state index contributed by atoms with van der Waals surface area (Å²) in [6.07, 6.45) is 6.47. The first-order chi connectivity index (χ1) is 8.12. The molecule has 0 aliphatic rings. The van der Waals surface area contributed by atoms with Crippen LogP contribution in [0, 0.1) is 0 Å². The summed E-state index contributed by atoms with van der Waals surface area (Å²) in [7, 11) is 0. The van der Waals surface area contributed by atoms with Crippen LogP contribution in [0.25, 0.3) is 0 Å². The highest BCUT2D eigenvalue weighted by Gasteiger charge is 2.22. The zero-order valence-electron chi connectivity index (χ0n) is 12.1. The Balaban J connectivity index is 0.00000121. The summed E-state index contributed by atoms with van der Waals surface area (Å²) in [6.45, 7) is 12.7. The summed E-state index contributed by atoms with van der Waals surface area (Å²) in [5.74, 6) is 0. The Morgan fingerprint density at radius 3 is 1.94 bits per heavy atom. The number of hydrogen-bond donors (Lipinski definition) is 0. The molecular formula is C17H26. The van der Waals surface area contributed by atoms with Crippen LogP contribution in [-0.4, -0.2) is 0 Å². The first-order valence-electron chi connectivity index (χ1n) is 6.48. The predicted octanol–water partition coefficient (Wildman–Crippen LogP) is 5.51. The van der Waals surface area contributed by atoms with Crippen molar-refractivity contribution in [3.8, 4) is 0 Å². The second-order valence-electron chi connectivity index (χ2n) is 4.24. The Hall–Kier alpha value is -1.30. The van der Waals surface area contributed by atoms with Crippen LogP contribution in [0.15, 0.2) is 54.1 Å². The SMILES string of the molecule is C/C=C\C(=C/C)C(C)(C)c1ccccc1.CC. The van der Waals surface area contributed by atoms with Gasteiger partial charge in [0, 0.05) is 5.41 Å². The molecule has 0 aromatic heterocycles. The first-order valence-corrected chi connectivity index (χ1v) is 6.48. The topological polar surface area (TPSA) is 0 Å². The molecule has 1 aromatic carbocycles. The quantitative estimate of drug-likeness (QED) is 0.600. The summed E-state index contributed by atoms with van der Waals surface area (Å²) in [5.41, 5.74) is 2.80. The minimum absolute atomic E-state index is 0.0858. The van der Waals surface area contributed by atoms with Crippen LogP contribution in [0.1, 0.15) is 47.1 Å². The van der Waals surface area contributed by atoms with Crippen molar-refractivity contribution < 1.29 is 0 Å². The summed E-state index contributed by atoms with van der Waals surface area (Å²) in [5, 5.41) is 0. The molecule has 0 fully saturated rings. The Morgan fingerprint density at radius 1 is 1.00 bits per heavy atom. The molecular weight excluding hydrogens is 204 g/mol. The summed E-state index contributed by atoms with van der Waals surface area (Å²) < 4.78 is 0. The monoisotopic (exact) mass is 230 g/mol. The Labute approximate surface area is 107 Å². The first kappa shape index (κ1) is 15.7. The van der Waals surface area contributed by atoms with E-state index in [1.807, 2.05) is 13.8 Å². The molecule has 17 heavy (non-hydrogen) atoms. The van der Waals surface area contributed by atoms with Crippen LogP contribution in [-0.2, 0) is 5.41 Å². The largest absolute Gasteiger partial charge is 0.0874 e. The van der Waals surface area contributed by atoms with Crippen LogP contribution in [0.2, 0.25) is 0 Å². The zero-order valence-corrected chi connectivity index (χ0v) is 12.1. The van der Waals surface area contributed by atoms with Crippen LogP contribution in [0.5, 0.6) is 0 Å². The van der Waals surface area contributed by atoms with Crippen molar-refractivity contribution in [2.75, 3.05) is 0 Å². The normalized spacial score (nSPS) is 12.2. The second kappa shape index (κ2) is 7.89. The molecule has 1 rings (SSSR count). The number of rotatable bonds is 3. The van der Waals surface area contributed by atoms with E-state index in [9.17, 15) is 0 Å². The van der Waals surface area contributed by atoms with Gasteiger partial charge in [-0.1, -0.05) is 76.3 Å². The smallest absolute Gasteiger partial charge is 0.0143 e. The average Bonchev–Trinajstić information content (AvgIpc) is 2.39. The van der Waals surface area contributed by atoms with E-state index < -0.39 is 0 Å². The third-order valence-electron chi connectivity index (χ3n) is 2.87. The van der Waals surface area contributed by atoms with Gasteiger partial charge >= 0.3 is 0 Å². The zero-order chi connectivity index (χ0) is 13.3. The maximum atomic E-state index is 2.26. The van der Waals surface area contributed by atoms with Gasteiger partial charge in [-0.15, -0.1) is 0 Å². The van der Waals surface area contributed by atoms with E-state index in [0.717, 1.165) is 0 Å². The van der Waals surface area contributed by atoms with E-state index in [1.165, 1.54) is 11.1 Å². The lowest BCUT2D eigenvalue weighted by Gasteiger charge is -2.27. The molecule has 0 amide bonds. The Bertz CT molecular complexity index is 353. The van der Waals surface area contributed by atoms with Gasteiger partial charge in [0.05, 0.1) is 0 Å². The number of allylic oxidation sites excluding steroid dienone is 4. The van der Waals surface area contributed by atoms with Crippen LogP contribution < -0.4 is 0 Å². The Kier molecular flexibility index (Phi) is 7.29. The van der Waals surface area contributed by atoms with E-state index in [0.29, 0.717) is 0 Å². The predicted molar refractivity (Wildman–Crippen MR) is 79.4 cm³/mol. The van der Waals surface area contributed by atoms with E-state index in [-0.39, 0.29) is 5.41 Å². The maximum absolute atomic E-state index is 2.26. The molecule has 94 valence electrons. The number of hydrogen-bond acceptors (Lipinski definition) is 0. The van der Waals surface area contributed by atoms with Gasteiger partial charge in [-0.3, -0.25) is 0 Å².